The highest BCUT2D eigenvalue weighted by Crippen LogP contribution is 2.26. The Morgan fingerprint density at radius 2 is 2.16 bits per heavy atom. The number of hydrogen-bond acceptors (Lipinski definition) is 6. The van der Waals surface area contributed by atoms with E-state index in [1.165, 1.54) is 11.3 Å². The molecule has 0 aliphatic rings. The van der Waals surface area contributed by atoms with Gasteiger partial charge in [0.25, 0.3) is 11.5 Å². The van der Waals surface area contributed by atoms with Gasteiger partial charge in [-0.1, -0.05) is 6.07 Å². The number of fused-ring (bicyclic) bond motifs is 2. The summed E-state index contributed by atoms with van der Waals surface area (Å²) in [6.45, 7) is 3.71. The molecule has 25 heavy (non-hydrogen) atoms. The number of pyridine rings is 1. The Bertz CT molecular complexity index is 1170. The highest BCUT2D eigenvalue weighted by Gasteiger charge is 2.19. The summed E-state index contributed by atoms with van der Waals surface area (Å²) in [4.78, 5) is 32.7. The molecule has 0 unspecified atom stereocenters. The quantitative estimate of drug-likeness (QED) is 0.581. The average molecular weight is 354 g/mol. The molecule has 0 atom stereocenters. The Labute approximate surface area is 145 Å². The summed E-state index contributed by atoms with van der Waals surface area (Å²) >= 11 is 1.22. The first-order chi connectivity index (χ1) is 12.0. The lowest BCUT2D eigenvalue weighted by atomic mass is 10.2. The van der Waals surface area contributed by atoms with Crippen molar-refractivity contribution in [1.29, 1.82) is 0 Å². The number of aromatic nitrogens is 5. The molecule has 4 heterocycles. The van der Waals surface area contributed by atoms with Gasteiger partial charge in [-0.25, -0.2) is 4.98 Å². The second-order valence-electron chi connectivity index (χ2n) is 5.62. The molecular formula is C16H14N6O2S. The molecule has 0 aliphatic heterocycles. The van der Waals surface area contributed by atoms with Gasteiger partial charge in [0.05, 0.1) is 16.8 Å². The first-order valence-corrected chi connectivity index (χ1v) is 8.43. The fraction of sp³-hybridized carbons (Fsp3) is 0.188. The number of thiophene rings is 1. The van der Waals surface area contributed by atoms with Gasteiger partial charge in [-0.05, 0) is 31.5 Å². The summed E-state index contributed by atoms with van der Waals surface area (Å²) in [7, 11) is 0. The Kier molecular flexibility index (Phi) is 3.57. The van der Waals surface area contributed by atoms with Crippen LogP contribution in [0.1, 0.15) is 26.9 Å². The largest absolute Gasteiger partial charge is 0.344 e. The first kappa shape index (κ1) is 15.5. The maximum absolute atomic E-state index is 12.6. The van der Waals surface area contributed by atoms with Gasteiger partial charge in [-0.2, -0.15) is 0 Å². The van der Waals surface area contributed by atoms with Gasteiger partial charge in [-0.3, -0.25) is 14.0 Å². The van der Waals surface area contributed by atoms with Gasteiger partial charge < -0.3 is 10.3 Å². The SMILES string of the molecule is Cc1nc2sc(C(=O)NCc3nnc4ccccn34)c(C)c2c(=O)[nH]1. The molecule has 2 N–H and O–H groups in total. The highest BCUT2D eigenvalue weighted by atomic mass is 32.1. The first-order valence-electron chi connectivity index (χ1n) is 7.61. The summed E-state index contributed by atoms with van der Waals surface area (Å²) in [6.07, 6.45) is 1.84. The van der Waals surface area contributed by atoms with Crippen molar-refractivity contribution in [3.63, 3.8) is 0 Å². The molecule has 4 aromatic heterocycles. The third kappa shape index (κ3) is 2.58. The summed E-state index contributed by atoms with van der Waals surface area (Å²) in [5, 5.41) is 11.4. The van der Waals surface area contributed by atoms with Crippen LogP contribution in [-0.2, 0) is 6.54 Å². The normalized spacial score (nSPS) is 11.3. The Hall–Kier alpha value is -3.07. The van der Waals surface area contributed by atoms with E-state index in [4.69, 9.17) is 0 Å². The van der Waals surface area contributed by atoms with Crippen LogP contribution in [0.15, 0.2) is 29.2 Å². The maximum atomic E-state index is 12.6. The van der Waals surface area contributed by atoms with Crippen molar-refractivity contribution in [3.8, 4) is 0 Å². The summed E-state index contributed by atoms with van der Waals surface area (Å²) in [5.41, 5.74) is 1.13. The summed E-state index contributed by atoms with van der Waals surface area (Å²) in [6, 6.07) is 5.59. The number of aromatic amines is 1. The van der Waals surface area contributed by atoms with Crippen LogP contribution in [0.5, 0.6) is 0 Å². The van der Waals surface area contributed by atoms with Crippen molar-refractivity contribution in [2.45, 2.75) is 20.4 Å². The van der Waals surface area contributed by atoms with E-state index in [0.717, 1.165) is 5.65 Å². The predicted octanol–water partition coefficient (Wildman–Crippen LogP) is 1.57. The number of carbonyl (C=O) groups excluding carboxylic acids is 1. The lowest BCUT2D eigenvalue weighted by Gasteiger charge is -2.03. The minimum absolute atomic E-state index is 0.223. The number of amides is 1. The molecule has 8 nitrogen and oxygen atoms in total. The monoisotopic (exact) mass is 354 g/mol. The minimum atomic E-state index is -0.259. The Balaban J connectivity index is 1.63. The third-order valence-electron chi connectivity index (χ3n) is 3.92. The van der Waals surface area contributed by atoms with Crippen molar-refractivity contribution in [3.05, 3.63) is 56.8 Å². The smallest absolute Gasteiger partial charge is 0.262 e. The van der Waals surface area contributed by atoms with Crippen LogP contribution in [0.2, 0.25) is 0 Å². The summed E-state index contributed by atoms with van der Waals surface area (Å²) in [5.74, 6) is 0.903. The van der Waals surface area contributed by atoms with Crippen LogP contribution in [0, 0.1) is 13.8 Å². The number of nitrogens with one attached hydrogen (secondary N) is 2. The maximum Gasteiger partial charge on any atom is 0.262 e. The van der Waals surface area contributed by atoms with E-state index in [1.54, 1.807) is 13.8 Å². The van der Waals surface area contributed by atoms with Crippen molar-refractivity contribution in [1.82, 2.24) is 29.9 Å². The molecule has 0 spiro atoms. The summed E-state index contributed by atoms with van der Waals surface area (Å²) < 4.78 is 1.81. The van der Waals surface area contributed by atoms with E-state index in [9.17, 15) is 9.59 Å². The molecule has 126 valence electrons. The van der Waals surface area contributed by atoms with Crippen LogP contribution in [-0.4, -0.2) is 30.5 Å². The molecule has 4 aromatic rings. The van der Waals surface area contributed by atoms with E-state index >= 15 is 0 Å². The van der Waals surface area contributed by atoms with Crippen molar-refractivity contribution in [2.75, 3.05) is 0 Å². The fourth-order valence-electron chi connectivity index (χ4n) is 2.72. The van der Waals surface area contributed by atoms with E-state index in [1.807, 2.05) is 28.8 Å². The Morgan fingerprint density at radius 1 is 1.32 bits per heavy atom. The molecule has 0 saturated heterocycles. The molecule has 0 saturated carbocycles. The number of rotatable bonds is 3. The molecule has 4 rings (SSSR count). The van der Waals surface area contributed by atoms with Crippen LogP contribution < -0.4 is 10.9 Å². The topological polar surface area (TPSA) is 105 Å². The van der Waals surface area contributed by atoms with Gasteiger partial charge in [0.2, 0.25) is 0 Å². The second kappa shape index (κ2) is 5.78. The molecule has 0 aromatic carbocycles. The number of H-pyrrole nitrogens is 1. The highest BCUT2D eigenvalue weighted by molar-refractivity contribution is 7.20. The van der Waals surface area contributed by atoms with Crippen LogP contribution in [0.25, 0.3) is 15.9 Å². The van der Waals surface area contributed by atoms with Gasteiger partial charge in [-0.15, -0.1) is 21.5 Å². The third-order valence-corrected chi connectivity index (χ3v) is 5.10. The van der Waals surface area contributed by atoms with Gasteiger partial charge in [0.15, 0.2) is 11.5 Å². The van der Waals surface area contributed by atoms with E-state index in [2.05, 4.69) is 25.5 Å². The second-order valence-corrected chi connectivity index (χ2v) is 6.61. The van der Waals surface area contributed by atoms with Crippen LogP contribution >= 0.6 is 11.3 Å². The number of carbonyl (C=O) groups is 1. The van der Waals surface area contributed by atoms with Gasteiger partial charge in [0.1, 0.15) is 10.7 Å². The number of nitrogens with zero attached hydrogens (tertiary/aromatic N) is 4. The van der Waals surface area contributed by atoms with Crippen molar-refractivity contribution < 1.29 is 4.79 Å². The zero-order chi connectivity index (χ0) is 17.6. The lowest BCUT2D eigenvalue weighted by Crippen LogP contribution is -2.23. The molecule has 1 amide bonds. The average Bonchev–Trinajstić information content (AvgIpc) is 3.14. The van der Waals surface area contributed by atoms with E-state index in [-0.39, 0.29) is 18.0 Å². The van der Waals surface area contributed by atoms with E-state index < -0.39 is 0 Å². The van der Waals surface area contributed by atoms with Crippen molar-refractivity contribution >= 4 is 33.1 Å². The standard InChI is InChI=1S/C16H14N6O2S/c1-8-12-14(23)18-9(2)19-16(12)25-13(8)15(24)17-7-11-21-20-10-5-3-4-6-22(10)11/h3-6H,7H2,1-2H3,(H,17,24)(H,18,19,23). The fourth-order valence-corrected chi connectivity index (χ4v) is 3.86. The van der Waals surface area contributed by atoms with E-state index in [0.29, 0.717) is 32.3 Å². The lowest BCUT2D eigenvalue weighted by molar-refractivity contribution is 0.0953. The molecule has 0 aliphatic carbocycles. The Morgan fingerprint density at radius 3 is 3.00 bits per heavy atom. The zero-order valence-electron chi connectivity index (χ0n) is 13.5. The molecular weight excluding hydrogens is 340 g/mol. The van der Waals surface area contributed by atoms with Gasteiger partial charge >= 0.3 is 0 Å². The number of hydrogen-bond donors (Lipinski definition) is 2. The molecule has 0 radical (unpaired) electrons. The molecule has 0 bridgehead atoms. The molecule has 9 heteroatoms. The van der Waals surface area contributed by atoms with Crippen LogP contribution in [0.4, 0.5) is 0 Å². The molecule has 0 fully saturated rings. The van der Waals surface area contributed by atoms with Crippen molar-refractivity contribution in [2.24, 2.45) is 0 Å². The predicted molar refractivity (Wildman–Crippen MR) is 93.9 cm³/mol. The zero-order valence-corrected chi connectivity index (χ0v) is 14.3. The minimum Gasteiger partial charge on any atom is -0.344 e. The van der Waals surface area contributed by atoms with Gasteiger partial charge in [0, 0.05) is 6.20 Å². The van der Waals surface area contributed by atoms with Crippen LogP contribution in [0.3, 0.4) is 0 Å². The number of aryl methyl sites for hydroxylation is 2.